The molecule has 0 fully saturated rings. The Hall–Kier alpha value is -2.42. The summed E-state index contributed by atoms with van der Waals surface area (Å²) < 4.78 is 26.8. The molecule has 7 nitrogen and oxygen atoms in total. The summed E-state index contributed by atoms with van der Waals surface area (Å²) in [6, 6.07) is 14.8. The summed E-state index contributed by atoms with van der Waals surface area (Å²) in [6.45, 7) is 6.25. The second-order valence-corrected chi connectivity index (χ2v) is 11.1. The minimum atomic E-state index is -3.63. The van der Waals surface area contributed by atoms with Crippen LogP contribution in [-0.2, 0) is 26.2 Å². The van der Waals surface area contributed by atoms with Crippen molar-refractivity contribution in [2.24, 2.45) is 0 Å². The lowest BCUT2D eigenvalue weighted by molar-refractivity contribution is -0.141. The Kier molecular flexibility index (Phi) is 11.2. The van der Waals surface area contributed by atoms with Gasteiger partial charge in [-0.25, -0.2) is 12.7 Å². The van der Waals surface area contributed by atoms with E-state index in [-0.39, 0.29) is 42.3 Å². The molecule has 0 saturated heterocycles. The summed E-state index contributed by atoms with van der Waals surface area (Å²) in [5, 5.41) is 3.58. The summed E-state index contributed by atoms with van der Waals surface area (Å²) in [6.07, 6.45) is 1.71. The first-order valence-electron chi connectivity index (χ1n) is 12.0. The van der Waals surface area contributed by atoms with Crippen LogP contribution in [-0.4, -0.2) is 55.1 Å². The molecule has 2 aromatic rings. The van der Waals surface area contributed by atoms with Crippen LogP contribution in [0.25, 0.3) is 0 Å². The van der Waals surface area contributed by atoms with Gasteiger partial charge >= 0.3 is 0 Å². The number of sulfonamides is 1. The highest BCUT2D eigenvalue weighted by atomic mass is 35.5. The van der Waals surface area contributed by atoms with Crippen molar-refractivity contribution in [3.63, 3.8) is 0 Å². The summed E-state index contributed by atoms with van der Waals surface area (Å²) in [7, 11) is -2.12. The van der Waals surface area contributed by atoms with Gasteiger partial charge in [0.2, 0.25) is 21.8 Å². The molecule has 35 heavy (non-hydrogen) atoms. The van der Waals surface area contributed by atoms with Crippen molar-refractivity contribution in [2.75, 3.05) is 13.6 Å². The molecular weight excluding hydrogens is 486 g/mol. The Labute approximate surface area is 214 Å². The molecule has 0 unspecified atom stereocenters. The van der Waals surface area contributed by atoms with Crippen molar-refractivity contribution in [3.8, 4) is 0 Å². The molecule has 0 radical (unpaired) electrons. The molecule has 0 heterocycles. The fourth-order valence-electron chi connectivity index (χ4n) is 3.64. The summed E-state index contributed by atoms with van der Waals surface area (Å²) in [5.41, 5.74) is 0.862. The number of nitrogens with one attached hydrogen (secondary N) is 1. The second-order valence-electron chi connectivity index (χ2n) is 8.63. The van der Waals surface area contributed by atoms with Crippen molar-refractivity contribution in [2.45, 2.75) is 70.0 Å². The quantitative estimate of drug-likeness (QED) is 0.421. The first-order valence-corrected chi connectivity index (χ1v) is 13.8. The van der Waals surface area contributed by atoms with Crippen LogP contribution in [0, 0.1) is 0 Å². The molecule has 0 aromatic heterocycles. The van der Waals surface area contributed by atoms with Gasteiger partial charge in [-0.3, -0.25) is 9.59 Å². The monoisotopic (exact) mass is 521 g/mol. The Morgan fingerprint density at radius 3 is 2.20 bits per heavy atom. The number of carbonyl (C=O) groups is 2. The van der Waals surface area contributed by atoms with Crippen LogP contribution in [0.2, 0.25) is 5.02 Å². The molecule has 2 aromatic carbocycles. The maximum absolute atomic E-state index is 13.3. The van der Waals surface area contributed by atoms with Gasteiger partial charge in [-0.2, -0.15) is 0 Å². The number of hydrogen-bond acceptors (Lipinski definition) is 4. The lowest BCUT2D eigenvalue weighted by atomic mass is 10.1. The molecule has 0 bridgehead atoms. The molecule has 2 atom stereocenters. The van der Waals surface area contributed by atoms with Gasteiger partial charge in [-0.05, 0) is 56.0 Å². The minimum absolute atomic E-state index is 0.000812. The zero-order chi connectivity index (χ0) is 26.0. The molecular formula is C26H36ClN3O4S. The molecule has 9 heteroatoms. The van der Waals surface area contributed by atoms with Crippen LogP contribution in [0.3, 0.4) is 0 Å². The Morgan fingerprint density at radius 1 is 1.00 bits per heavy atom. The van der Waals surface area contributed by atoms with Crippen molar-refractivity contribution in [3.05, 3.63) is 65.2 Å². The molecule has 0 aliphatic carbocycles. The standard InChI is InChI=1S/C26H36ClN3O4S/c1-5-20(3)28-26(32)24(6-2)30(19-21-14-16-22(27)17-15-21)25(31)13-10-18-29(4)35(33,34)23-11-8-7-9-12-23/h7-9,11-12,14-17,20,24H,5-6,10,13,18-19H2,1-4H3,(H,28,32)/t20-,24-/m1/s1. The molecule has 2 amide bonds. The maximum Gasteiger partial charge on any atom is 0.243 e. The zero-order valence-electron chi connectivity index (χ0n) is 20.9. The Bertz CT molecular complexity index is 1060. The second kappa shape index (κ2) is 13.6. The van der Waals surface area contributed by atoms with E-state index in [4.69, 9.17) is 11.6 Å². The highest BCUT2D eigenvalue weighted by Gasteiger charge is 2.29. The average Bonchev–Trinajstić information content (AvgIpc) is 2.85. The van der Waals surface area contributed by atoms with Crippen LogP contribution < -0.4 is 5.32 Å². The van der Waals surface area contributed by atoms with E-state index >= 15 is 0 Å². The van der Waals surface area contributed by atoms with E-state index < -0.39 is 16.1 Å². The van der Waals surface area contributed by atoms with Crippen molar-refractivity contribution in [1.29, 1.82) is 0 Å². The van der Waals surface area contributed by atoms with Crippen LogP contribution >= 0.6 is 11.6 Å². The number of benzene rings is 2. The number of nitrogens with zero attached hydrogens (tertiary/aromatic N) is 2. The lowest BCUT2D eigenvalue weighted by Crippen LogP contribution is -2.50. The average molecular weight is 522 g/mol. The molecule has 192 valence electrons. The van der Waals surface area contributed by atoms with E-state index in [1.54, 1.807) is 47.4 Å². The summed E-state index contributed by atoms with van der Waals surface area (Å²) in [4.78, 5) is 28.1. The third-order valence-electron chi connectivity index (χ3n) is 5.97. The topological polar surface area (TPSA) is 86.8 Å². The molecule has 0 aliphatic heterocycles. The third kappa shape index (κ3) is 8.33. The normalized spacial score (nSPS) is 13.3. The lowest BCUT2D eigenvalue weighted by Gasteiger charge is -2.31. The SMILES string of the molecule is CC[C@@H](C)NC(=O)[C@@H](CC)N(Cc1ccc(Cl)cc1)C(=O)CCCN(C)S(=O)(=O)c1ccccc1. The smallest absolute Gasteiger partial charge is 0.243 e. The van der Waals surface area contributed by atoms with E-state index in [9.17, 15) is 18.0 Å². The van der Waals surface area contributed by atoms with Gasteiger partial charge < -0.3 is 10.2 Å². The summed E-state index contributed by atoms with van der Waals surface area (Å²) in [5.74, 6) is -0.385. The van der Waals surface area contributed by atoms with Crippen molar-refractivity contribution < 1.29 is 18.0 Å². The molecule has 0 saturated carbocycles. The van der Waals surface area contributed by atoms with Gasteiger partial charge in [0, 0.05) is 37.6 Å². The van der Waals surface area contributed by atoms with E-state index in [1.165, 1.54) is 11.4 Å². The predicted octanol–water partition coefficient (Wildman–Crippen LogP) is 4.46. The van der Waals surface area contributed by atoms with E-state index in [1.807, 2.05) is 32.9 Å². The largest absolute Gasteiger partial charge is 0.352 e. The van der Waals surface area contributed by atoms with E-state index in [0.29, 0.717) is 17.9 Å². The highest BCUT2D eigenvalue weighted by molar-refractivity contribution is 7.89. The van der Waals surface area contributed by atoms with E-state index in [2.05, 4.69) is 5.32 Å². The van der Waals surface area contributed by atoms with Crippen molar-refractivity contribution in [1.82, 2.24) is 14.5 Å². The zero-order valence-corrected chi connectivity index (χ0v) is 22.5. The van der Waals surface area contributed by atoms with Crippen LogP contribution in [0.4, 0.5) is 0 Å². The molecule has 2 rings (SSSR count). The summed E-state index contributed by atoms with van der Waals surface area (Å²) >= 11 is 6.01. The van der Waals surface area contributed by atoms with Gasteiger partial charge in [0.15, 0.2) is 0 Å². The van der Waals surface area contributed by atoms with Crippen molar-refractivity contribution >= 4 is 33.4 Å². The first kappa shape index (κ1) is 28.8. The Balaban J connectivity index is 2.13. The first-order chi connectivity index (χ1) is 16.6. The number of halogens is 1. The third-order valence-corrected chi connectivity index (χ3v) is 8.09. The number of rotatable bonds is 13. The van der Waals surface area contributed by atoms with Gasteiger partial charge in [-0.15, -0.1) is 0 Å². The molecule has 0 spiro atoms. The van der Waals surface area contributed by atoms with Gasteiger partial charge in [0.25, 0.3) is 0 Å². The van der Waals surface area contributed by atoms with Crippen LogP contribution in [0.1, 0.15) is 52.0 Å². The molecule has 1 N–H and O–H groups in total. The van der Waals surface area contributed by atoms with Gasteiger partial charge in [-0.1, -0.05) is 55.8 Å². The fraction of sp³-hybridized carbons (Fsp3) is 0.462. The van der Waals surface area contributed by atoms with Gasteiger partial charge in [0.05, 0.1) is 4.90 Å². The molecule has 0 aliphatic rings. The van der Waals surface area contributed by atoms with Crippen LogP contribution in [0.15, 0.2) is 59.5 Å². The minimum Gasteiger partial charge on any atom is -0.352 e. The maximum atomic E-state index is 13.3. The predicted molar refractivity (Wildman–Crippen MR) is 139 cm³/mol. The van der Waals surface area contributed by atoms with E-state index in [0.717, 1.165) is 12.0 Å². The fourth-order valence-corrected chi connectivity index (χ4v) is 4.99. The highest BCUT2D eigenvalue weighted by Crippen LogP contribution is 2.18. The number of amides is 2. The van der Waals surface area contributed by atoms with Crippen LogP contribution in [0.5, 0.6) is 0 Å². The van der Waals surface area contributed by atoms with Gasteiger partial charge in [0.1, 0.15) is 6.04 Å². The number of hydrogen-bond donors (Lipinski definition) is 1. The Morgan fingerprint density at radius 2 is 1.63 bits per heavy atom. The number of carbonyl (C=O) groups excluding carboxylic acids is 2.